The largest absolute Gasteiger partial charge is 0.394 e. The zero-order chi connectivity index (χ0) is 27.2. The van der Waals surface area contributed by atoms with Gasteiger partial charge in [-0.05, 0) is 62.4 Å². The highest BCUT2D eigenvalue weighted by molar-refractivity contribution is 5.99. The van der Waals surface area contributed by atoms with Gasteiger partial charge in [-0.25, -0.2) is 4.98 Å². The number of hydrogen-bond donors (Lipinski definition) is 1. The average Bonchev–Trinajstić information content (AvgIpc) is 2.95. The van der Waals surface area contributed by atoms with Gasteiger partial charge in [0.05, 0.1) is 42.6 Å². The van der Waals surface area contributed by atoms with Crippen LogP contribution in [0.2, 0.25) is 0 Å². The molecular formula is C30H55N3O2. The summed E-state index contributed by atoms with van der Waals surface area (Å²) in [5.41, 5.74) is 6.29. The maximum absolute atomic E-state index is 9.68. The van der Waals surface area contributed by atoms with Crippen LogP contribution in [0.3, 0.4) is 0 Å². The van der Waals surface area contributed by atoms with Crippen LogP contribution >= 0.6 is 0 Å². The van der Waals surface area contributed by atoms with Crippen molar-refractivity contribution < 1.29 is 9.84 Å². The summed E-state index contributed by atoms with van der Waals surface area (Å²) in [5, 5.41) is 9.68. The molecule has 0 saturated carbocycles. The van der Waals surface area contributed by atoms with E-state index in [9.17, 15) is 5.11 Å². The number of methoxy groups -OCH3 is 1. The van der Waals surface area contributed by atoms with Crippen LogP contribution in [0.5, 0.6) is 0 Å². The lowest BCUT2D eigenvalue weighted by Crippen LogP contribution is -2.20. The number of aryl methyl sites for hydroxylation is 1. The number of allylic oxidation sites excluding steroid dienone is 1. The Bertz CT molecular complexity index is 789. The molecule has 35 heavy (non-hydrogen) atoms. The molecule has 1 N–H and O–H groups in total. The number of aliphatic hydroxyl groups is 1. The second kappa shape index (κ2) is 17.0. The van der Waals surface area contributed by atoms with Crippen molar-refractivity contribution in [2.24, 2.45) is 22.2 Å². The first-order chi connectivity index (χ1) is 16.3. The molecule has 1 aromatic heterocycles. The predicted octanol–water partition coefficient (Wildman–Crippen LogP) is 7.69. The topological polar surface area (TPSA) is 67.6 Å². The van der Waals surface area contributed by atoms with Crippen LogP contribution in [0, 0.1) is 24.2 Å². The first kappa shape index (κ1) is 33.4. The monoisotopic (exact) mass is 489 g/mol. The Morgan fingerprint density at radius 2 is 1.77 bits per heavy atom. The molecule has 202 valence electrons. The number of hydrogen-bond acceptors (Lipinski definition) is 5. The Labute approximate surface area is 216 Å². The highest BCUT2D eigenvalue weighted by Crippen LogP contribution is 2.34. The molecule has 1 aliphatic heterocycles. The summed E-state index contributed by atoms with van der Waals surface area (Å²) < 4.78 is 5.34. The summed E-state index contributed by atoms with van der Waals surface area (Å²) in [4.78, 5) is 14.5. The molecule has 2 atom stereocenters. The van der Waals surface area contributed by atoms with Gasteiger partial charge in [-0.1, -0.05) is 74.3 Å². The molecule has 0 bridgehead atoms. The van der Waals surface area contributed by atoms with Gasteiger partial charge in [0.25, 0.3) is 0 Å². The van der Waals surface area contributed by atoms with Crippen LogP contribution < -0.4 is 0 Å². The minimum absolute atomic E-state index is 0.0421. The Balaban J connectivity index is 0.00000146. The van der Waals surface area contributed by atoms with Crippen LogP contribution in [0.4, 0.5) is 0 Å². The number of nitrogens with zero attached hydrogens (tertiary/aromatic N) is 3. The number of aromatic nitrogens is 2. The molecule has 5 nitrogen and oxygen atoms in total. The number of aliphatic hydroxyl groups excluding tert-OH is 1. The number of aliphatic imine (C=N–C) groups is 1. The van der Waals surface area contributed by atoms with Crippen molar-refractivity contribution in [3.05, 3.63) is 28.9 Å². The van der Waals surface area contributed by atoms with Gasteiger partial charge in [0.15, 0.2) is 0 Å². The third-order valence-electron chi connectivity index (χ3n) is 5.90. The van der Waals surface area contributed by atoms with E-state index in [1.54, 1.807) is 7.11 Å². The standard InChI is InChI=1S/C23H37N3O2.C4H10.C3H8/c1-15-9-8-10-19(26-21(15)14-27)20-13-24-22(17(3)25-20)18(11-12-28-7)16(2)23(4,5)6;1-4(2)3;1-3-2/h13,15,21,27H,8-12,14H2,1-7H3;4H,1-3H3;3H2,1-2H3/b18-16+;;. The van der Waals surface area contributed by atoms with Gasteiger partial charge in [0.2, 0.25) is 0 Å². The molecule has 0 aliphatic carbocycles. The van der Waals surface area contributed by atoms with E-state index in [1.807, 2.05) is 13.1 Å². The summed E-state index contributed by atoms with van der Waals surface area (Å²) >= 11 is 0. The van der Waals surface area contributed by atoms with Crippen molar-refractivity contribution in [1.29, 1.82) is 0 Å². The second-order valence-electron chi connectivity index (χ2n) is 11.4. The summed E-state index contributed by atoms with van der Waals surface area (Å²) in [5.74, 6) is 1.23. The third kappa shape index (κ3) is 12.3. The average molecular weight is 490 g/mol. The van der Waals surface area contributed by atoms with Gasteiger partial charge < -0.3 is 9.84 Å². The van der Waals surface area contributed by atoms with Crippen molar-refractivity contribution in [1.82, 2.24) is 9.97 Å². The van der Waals surface area contributed by atoms with Gasteiger partial charge in [0.1, 0.15) is 5.69 Å². The van der Waals surface area contributed by atoms with E-state index >= 15 is 0 Å². The molecule has 2 rings (SSSR count). The van der Waals surface area contributed by atoms with Crippen LogP contribution in [-0.2, 0) is 4.74 Å². The van der Waals surface area contributed by atoms with Crippen LogP contribution in [0.25, 0.3) is 5.57 Å². The second-order valence-corrected chi connectivity index (χ2v) is 11.4. The summed E-state index contributed by atoms with van der Waals surface area (Å²) in [6.07, 6.45) is 6.97. The third-order valence-corrected chi connectivity index (χ3v) is 5.90. The molecule has 5 heteroatoms. The highest BCUT2D eigenvalue weighted by atomic mass is 16.5. The van der Waals surface area contributed by atoms with E-state index < -0.39 is 0 Å². The van der Waals surface area contributed by atoms with E-state index in [0.29, 0.717) is 12.5 Å². The number of ether oxygens (including phenoxy) is 1. The SMILES string of the molecule is CC(C)C.CCC.COCC/C(=C(/C)C(C)(C)C)c1ncc(C2=NC(CO)C(C)CCC2)nc1C. The van der Waals surface area contributed by atoms with Gasteiger partial charge in [-0.15, -0.1) is 0 Å². The van der Waals surface area contributed by atoms with Crippen molar-refractivity contribution in [3.8, 4) is 0 Å². The van der Waals surface area contributed by atoms with E-state index in [0.717, 1.165) is 54.4 Å². The Morgan fingerprint density at radius 1 is 1.20 bits per heavy atom. The molecule has 0 saturated heterocycles. The lowest BCUT2D eigenvalue weighted by molar-refractivity contribution is 0.205. The predicted molar refractivity (Wildman–Crippen MR) is 152 cm³/mol. The quantitative estimate of drug-likeness (QED) is 0.445. The van der Waals surface area contributed by atoms with E-state index in [4.69, 9.17) is 19.7 Å². The molecule has 0 fully saturated rings. The van der Waals surface area contributed by atoms with Gasteiger partial charge in [0, 0.05) is 7.11 Å². The summed E-state index contributed by atoms with van der Waals surface area (Å²) in [6.45, 7) is 24.5. The first-order valence-corrected chi connectivity index (χ1v) is 13.5. The molecule has 2 unspecified atom stereocenters. The fourth-order valence-electron chi connectivity index (χ4n) is 3.65. The molecule has 0 radical (unpaired) electrons. The molecular weight excluding hydrogens is 434 g/mol. The first-order valence-electron chi connectivity index (χ1n) is 13.5. The molecule has 0 aromatic carbocycles. The van der Waals surface area contributed by atoms with Crippen LogP contribution in [0.1, 0.15) is 118 Å². The van der Waals surface area contributed by atoms with Crippen LogP contribution in [-0.4, -0.2) is 47.2 Å². The van der Waals surface area contributed by atoms with Crippen molar-refractivity contribution in [2.75, 3.05) is 20.3 Å². The lowest BCUT2D eigenvalue weighted by Gasteiger charge is -2.24. The highest BCUT2D eigenvalue weighted by Gasteiger charge is 2.23. The maximum atomic E-state index is 9.68. The molecule has 0 spiro atoms. The fraction of sp³-hybridized carbons (Fsp3) is 0.767. The van der Waals surface area contributed by atoms with Crippen molar-refractivity contribution >= 4 is 11.3 Å². The van der Waals surface area contributed by atoms with E-state index in [-0.39, 0.29) is 18.1 Å². The zero-order valence-electron chi connectivity index (χ0n) is 25.0. The molecule has 1 aliphatic rings. The Kier molecular flexibility index (Phi) is 16.2. The number of rotatable bonds is 6. The Hall–Kier alpha value is -1.59. The van der Waals surface area contributed by atoms with Gasteiger partial charge in [-0.2, -0.15) is 0 Å². The molecule has 2 heterocycles. The van der Waals surface area contributed by atoms with Gasteiger partial charge in [-0.3, -0.25) is 9.98 Å². The van der Waals surface area contributed by atoms with Crippen LogP contribution in [0.15, 0.2) is 16.8 Å². The summed E-state index contributed by atoms with van der Waals surface area (Å²) in [6, 6.07) is -0.0421. The van der Waals surface area contributed by atoms with E-state index in [1.165, 1.54) is 17.6 Å². The normalized spacial score (nSPS) is 19.0. The molecule has 0 amide bonds. The smallest absolute Gasteiger partial charge is 0.103 e. The van der Waals surface area contributed by atoms with Crippen molar-refractivity contribution in [2.45, 2.75) is 114 Å². The zero-order valence-corrected chi connectivity index (χ0v) is 25.0. The van der Waals surface area contributed by atoms with Crippen molar-refractivity contribution in [3.63, 3.8) is 0 Å². The van der Waals surface area contributed by atoms with Gasteiger partial charge >= 0.3 is 0 Å². The minimum Gasteiger partial charge on any atom is -0.394 e. The summed E-state index contributed by atoms with van der Waals surface area (Å²) in [7, 11) is 1.73. The minimum atomic E-state index is -0.0421. The molecule has 1 aromatic rings. The van der Waals surface area contributed by atoms with E-state index in [2.05, 4.69) is 69.2 Å². The maximum Gasteiger partial charge on any atom is 0.103 e. The lowest BCUT2D eigenvalue weighted by atomic mass is 9.82. The Morgan fingerprint density at radius 3 is 2.23 bits per heavy atom. The fourth-order valence-corrected chi connectivity index (χ4v) is 3.65.